The standard InChI is InChI=1S/C46H29N3/c47-30-36-15-6-7-16-40(36)37-26-38(44-19-10-18-43(48-44)32-12-2-1-3-13-32)28-39(27-37)49-45-20-9-8-17-41(45)42-24-23-35(29-46(42)49)34-22-21-31-11-4-5-14-33(31)25-34/h1-29H. The van der Waals surface area contributed by atoms with Gasteiger partial charge in [-0.25, -0.2) is 4.98 Å². The van der Waals surface area contributed by atoms with Crippen molar-refractivity contribution in [3.05, 3.63) is 181 Å². The molecule has 49 heavy (non-hydrogen) atoms. The Morgan fingerprint density at radius 2 is 1.10 bits per heavy atom. The van der Waals surface area contributed by atoms with Crippen molar-refractivity contribution >= 4 is 32.6 Å². The number of para-hydroxylation sites is 1. The highest BCUT2D eigenvalue weighted by molar-refractivity contribution is 6.10. The van der Waals surface area contributed by atoms with Gasteiger partial charge in [0.1, 0.15) is 0 Å². The maximum absolute atomic E-state index is 10.1. The van der Waals surface area contributed by atoms with Gasteiger partial charge in [-0.05, 0) is 87.6 Å². The average Bonchev–Trinajstić information content (AvgIpc) is 3.51. The van der Waals surface area contributed by atoms with Crippen LogP contribution in [-0.2, 0) is 0 Å². The van der Waals surface area contributed by atoms with E-state index in [0.29, 0.717) is 5.56 Å². The molecule has 9 rings (SSSR count). The molecule has 0 bridgehead atoms. The maximum atomic E-state index is 10.1. The zero-order valence-electron chi connectivity index (χ0n) is 26.6. The second-order valence-electron chi connectivity index (χ2n) is 12.3. The van der Waals surface area contributed by atoms with Crippen LogP contribution in [0.15, 0.2) is 176 Å². The molecule has 228 valence electrons. The topological polar surface area (TPSA) is 41.6 Å². The summed E-state index contributed by atoms with van der Waals surface area (Å²) in [4.78, 5) is 5.14. The minimum atomic E-state index is 0.636. The summed E-state index contributed by atoms with van der Waals surface area (Å²) in [5, 5.41) is 14.9. The molecule has 0 atom stereocenters. The smallest absolute Gasteiger partial charge is 0.0998 e. The molecule has 3 nitrogen and oxygen atoms in total. The van der Waals surface area contributed by atoms with Crippen LogP contribution in [0, 0.1) is 11.3 Å². The van der Waals surface area contributed by atoms with Gasteiger partial charge in [-0.1, -0.05) is 121 Å². The van der Waals surface area contributed by atoms with E-state index in [4.69, 9.17) is 4.98 Å². The number of benzene rings is 7. The number of pyridine rings is 1. The first kappa shape index (κ1) is 28.5. The second kappa shape index (κ2) is 11.8. The van der Waals surface area contributed by atoms with E-state index in [1.165, 1.54) is 27.1 Å². The molecule has 3 heteroatoms. The Bertz CT molecular complexity index is 2730. The Morgan fingerprint density at radius 1 is 0.429 bits per heavy atom. The Labute approximate surface area is 284 Å². The number of fused-ring (bicyclic) bond motifs is 4. The summed E-state index contributed by atoms with van der Waals surface area (Å²) in [7, 11) is 0. The van der Waals surface area contributed by atoms with Gasteiger partial charge < -0.3 is 4.57 Å². The van der Waals surface area contributed by atoms with E-state index in [1.807, 2.05) is 42.5 Å². The van der Waals surface area contributed by atoms with Gasteiger partial charge in [-0.2, -0.15) is 5.26 Å². The van der Waals surface area contributed by atoms with Gasteiger partial charge in [0.25, 0.3) is 0 Å². The summed E-state index contributed by atoms with van der Waals surface area (Å²) in [6.45, 7) is 0. The van der Waals surface area contributed by atoms with Crippen molar-refractivity contribution in [2.24, 2.45) is 0 Å². The van der Waals surface area contributed by atoms with Gasteiger partial charge in [-0.3, -0.25) is 0 Å². The normalized spacial score (nSPS) is 11.2. The molecule has 9 aromatic rings. The lowest BCUT2D eigenvalue weighted by atomic mass is 9.96. The number of nitriles is 1. The lowest BCUT2D eigenvalue weighted by Gasteiger charge is -2.15. The number of hydrogen-bond donors (Lipinski definition) is 0. The van der Waals surface area contributed by atoms with Gasteiger partial charge in [0.2, 0.25) is 0 Å². The molecule has 0 amide bonds. The molecule has 0 aliphatic carbocycles. The van der Waals surface area contributed by atoms with Crippen LogP contribution in [0.2, 0.25) is 0 Å². The van der Waals surface area contributed by atoms with E-state index in [2.05, 4.69) is 144 Å². The highest BCUT2D eigenvalue weighted by Gasteiger charge is 2.17. The average molecular weight is 624 g/mol. The fraction of sp³-hybridized carbons (Fsp3) is 0. The van der Waals surface area contributed by atoms with E-state index in [-0.39, 0.29) is 0 Å². The molecule has 0 saturated carbocycles. The predicted octanol–water partition coefficient (Wildman–Crippen LogP) is 11.9. The molecule has 2 heterocycles. The predicted molar refractivity (Wildman–Crippen MR) is 203 cm³/mol. The van der Waals surface area contributed by atoms with Crippen LogP contribution in [0.4, 0.5) is 0 Å². The van der Waals surface area contributed by atoms with Crippen molar-refractivity contribution in [1.82, 2.24) is 9.55 Å². The zero-order valence-corrected chi connectivity index (χ0v) is 26.6. The van der Waals surface area contributed by atoms with Crippen LogP contribution in [0.5, 0.6) is 0 Å². The molecule has 0 N–H and O–H groups in total. The molecule has 0 aliphatic heterocycles. The third-order valence-electron chi connectivity index (χ3n) is 9.41. The summed E-state index contributed by atoms with van der Waals surface area (Å²) >= 11 is 0. The second-order valence-corrected chi connectivity index (χ2v) is 12.3. The fourth-order valence-corrected chi connectivity index (χ4v) is 7.04. The Hall–Kier alpha value is -6.76. The lowest BCUT2D eigenvalue weighted by Crippen LogP contribution is -1.97. The highest BCUT2D eigenvalue weighted by Crippen LogP contribution is 2.38. The molecular weight excluding hydrogens is 595 g/mol. The third-order valence-corrected chi connectivity index (χ3v) is 9.41. The van der Waals surface area contributed by atoms with Crippen molar-refractivity contribution in [2.75, 3.05) is 0 Å². The summed E-state index contributed by atoms with van der Waals surface area (Å²) in [5.74, 6) is 0. The van der Waals surface area contributed by atoms with Crippen LogP contribution in [0.1, 0.15) is 5.56 Å². The van der Waals surface area contributed by atoms with Crippen molar-refractivity contribution in [3.63, 3.8) is 0 Å². The molecule has 0 unspecified atom stereocenters. The van der Waals surface area contributed by atoms with Gasteiger partial charge in [0.05, 0.1) is 34.1 Å². The van der Waals surface area contributed by atoms with Gasteiger partial charge in [0.15, 0.2) is 0 Å². The molecular formula is C46H29N3. The summed E-state index contributed by atoms with van der Waals surface area (Å²) < 4.78 is 2.36. The molecule has 0 saturated heterocycles. The number of aromatic nitrogens is 2. The minimum Gasteiger partial charge on any atom is -0.309 e. The molecule has 0 aliphatic rings. The van der Waals surface area contributed by atoms with Crippen molar-refractivity contribution in [1.29, 1.82) is 5.26 Å². The largest absolute Gasteiger partial charge is 0.309 e. The van der Waals surface area contributed by atoms with Crippen LogP contribution in [-0.4, -0.2) is 9.55 Å². The van der Waals surface area contributed by atoms with E-state index < -0.39 is 0 Å². The fourth-order valence-electron chi connectivity index (χ4n) is 7.04. The van der Waals surface area contributed by atoms with Crippen molar-refractivity contribution < 1.29 is 0 Å². The summed E-state index contributed by atoms with van der Waals surface area (Å²) in [6, 6.07) is 63.8. The van der Waals surface area contributed by atoms with Gasteiger partial charge in [0, 0.05) is 27.6 Å². The van der Waals surface area contributed by atoms with Crippen LogP contribution in [0.3, 0.4) is 0 Å². The van der Waals surface area contributed by atoms with E-state index in [9.17, 15) is 5.26 Å². The Balaban J connectivity index is 1.30. The summed E-state index contributed by atoms with van der Waals surface area (Å²) in [5.41, 5.74) is 11.9. The minimum absolute atomic E-state index is 0.636. The van der Waals surface area contributed by atoms with E-state index in [1.54, 1.807) is 0 Å². The third kappa shape index (κ3) is 5.04. The molecule has 0 spiro atoms. The first-order valence-electron chi connectivity index (χ1n) is 16.4. The van der Waals surface area contributed by atoms with E-state index in [0.717, 1.165) is 55.9 Å². The van der Waals surface area contributed by atoms with Gasteiger partial charge >= 0.3 is 0 Å². The molecule has 2 aromatic heterocycles. The SMILES string of the molecule is N#Cc1ccccc1-c1cc(-c2cccc(-c3ccccc3)n2)cc(-n2c3ccccc3c3ccc(-c4ccc5ccccc5c4)cc32)c1. The van der Waals surface area contributed by atoms with Gasteiger partial charge in [-0.15, -0.1) is 0 Å². The quantitative estimate of drug-likeness (QED) is 0.191. The zero-order chi connectivity index (χ0) is 32.7. The first-order chi connectivity index (χ1) is 24.2. The number of hydrogen-bond acceptors (Lipinski definition) is 2. The van der Waals surface area contributed by atoms with Crippen molar-refractivity contribution in [2.45, 2.75) is 0 Å². The highest BCUT2D eigenvalue weighted by atomic mass is 15.0. The van der Waals surface area contributed by atoms with Crippen LogP contribution in [0.25, 0.3) is 83.0 Å². The maximum Gasteiger partial charge on any atom is 0.0998 e. The van der Waals surface area contributed by atoms with Crippen LogP contribution < -0.4 is 0 Å². The lowest BCUT2D eigenvalue weighted by molar-refractivity contribution is 1.18. The molecule has 0 fully saturated rings. The van der Waals surface area contributed by atoms with Crippen molar-refractivity contribution in [3.8, 4) is 56.5 Å². The number of nitrogens with zero attached hydrogens (tertiary/aromatic N) is 3. The number of rotatable bonds is 5. The Morgan fingerprint density at radius 3 is 1.98 bits per heavy atom. The Kier molecular flexibility index (Phi) is 6.85. The molecule has 0 radical (unpaired) electrons. The first-order valence-corrected chi connectivity index (χ1v) is 16.4. The van der Waals surface area contributed by atoms with E-state index >= 15 is 0 Å². The summed E-state index contributed by atoms with van der Waals surface area (Å²) in [6.07, 6.45) is 0. The van der Waals surface area contributed by atoms with Crippen LogP contribution >= 0.6 is 0 Å². The molecule has 7 aromatic carbocycles. The monoisotopic (exact) mass is 623 g/mol.